The first-order valence-corrected chi connectivity index (χ1v) is 10.4. The molecule has 3 rings (SSSR count). The average molecular weight is 457 g/mol. The minimum absolute atomic E-state index is 0. The number of likely N-dealkylation sites (tertiary alicyclic amines) is 1. The number of carbonyl (C=O) groups is 2. The summed E-state index contributed by atoms with van der Waals surface area (Å²) in [6.07, 6.45) is 5.42. The molecular formula is C22H36N2O4S2. The van der Waals surface area contributed by atoms with Gasteiger partial charge in [-0.05, 0) is 62.1 Å². The molecule has 30 heavy (non-hydrogen) atoms. The van der Waals surface area contributed by atoms with Gasteiger partial charge in [-0.25, -0.2) is 4.79 Å². The number of benzene rings is 1. The zero-order valence-electron chi connectivity index (χ0n) is 17.9. The third kappa shape index (κ3) is 7.30. The van der Waals surface area contributed by atoms with Crippen molar-refractivity contribution >= 4 is 39.0 Å². The number of piperidine rings is 1. The van der Waals surface area contributed by atoms with Gasteiger partial charge in [0.15, 0.2) is 0 Å². The Hall–Kier alpha value is -1.54. The van der Waals surface area contributed by atoms with E-state index >= 15 is 0 Å². The van der Waals surface area contributed by atoms with Crippen molar-refractivity contribution in [1.29, 1.82) is 0 Å². The van der Waals surface area contributed by atoms with Crippen LogP contribution in [-0.4, -0.2) is 41.2 Å². The molecule has 0 radical (unpaired) electrons. The summed E-state index contributed by atoms with van der Waals surface area (Å²) < 4.78 is 5.69. The van der Waals surface area contributed by atoms with E-state index in [1.807, 2.05) is 19.1 Å². The molecule has 2 aliphatic rings. The standard InChI is InChI=1S/C22H32N2O4.2H2S/c1-15-4-3-5-19(12-15)28-22(27)24-10-8-18(9-11-24)21(26)23-14-17-6-7-20(25)16(2)13-17;;/h6-7,13,15,18-19,25H,3-5,8-12,14H2,1-2H3,(H,23,26);2*1H2/t15?,19-;;/m0../s1. The summed E-state index contributed by atoms with van der Waals surface area (Å²) in [7, 11) is 0. The predicted molar refractivity (Wildman–Crippen MR) is 128 cm³/mol. The van der Waals surface area contributed by atoms with Crippen molar-refractivity contribution in [3.05, 3.63) is 29.3 Å². The number of phenolic OH excluding ortho intramolecular Hbond substituents is 1. The number of carbonyl (C=O) groups excluding carboxylic acids is 2. The smallest absolute Gasteiger partial charge is 0.410 e. The van der Waals surface area contributed by atoms with Crippen LogP contribution in [0.15, 0.2) is 18.2 Å². The van der Waals surface area contributed by atoms with Gasteiger partial charge in [0.25, 0.3) is 0 Å². The number of phenols is 1. The van der Waals surface area contributed by atoms with Crippen LogP contribution in [0, 0.1) is 18.8 Å². The van der Waals surface area contributed by atoms with E-state index in [0.717, 1.165) is 30.4 Å². The molecule has 0 bridgehead atoms. The number of ether oxygens (including phenoxy) is 1. The van der Waals surface area contributed by atoms with Gasteiger partial charge in [-0.2, -0.15) is 27.0 Å². The van der Waals surface area contributed by atoms with E-state index in [-0.39, 0.29) is 56.8 Å². The lowest BCUT2D eigenvalue weighted by Crippen LogP contribution is -2.44. The molecule has 6 nitrogen and oxygen atoms in total. The second-order valence-corrected chi connectivity index (χ2v) is 8.38. The quantitative estimate of drug-likeness (QED) is 0.719. The van der Waals surface area contributed by atoms with E-state index < -0.39 is 0 Å². The maximum atomic E-state index is 12.5. The van der Waals surface area contributed by atoms with Gasteiger partial charge < -0.3 is 20.1 Å². The first-order valence-electron chi connectivity index (χ1n) is 10.4. The fourth-order valence-electron chi connectivity index (χ4n) is 4.19. The molecule has 1 heterocycles. The third-order valence-corrected chi connectivity index (χ3v) is 6.01. The summed E-state index contributed by atoms with van der Waals surface area (Å²) in [6, 6.07) is 5.33. The molecule has 1 aliphatic carbocycles. The molecule has 2 amide bonds. The Morgan fingerprint density at radius 3 is 2.50 bits per heavy atom. The van der Waals surface area contributed by atoms with Crippen molar-refractivity contribution in [2.24, 2.45) is 11.8 Å². The molecule has 1 aromatic carbocycles. The van der Waals surface area contributed by atoms with Gasteiger partial charge >= 0.3 is 6.09 Å². The van der Waals surface area contributed by atoms with E-state index in [0.29, 0.717) is 38.4 Å². The summed E-state index contributed by atoms with van der Waals surface area (Å²) in [5, 5.41) is 12.6. The lowest BCUT2D eigenvalue weighted by Gasteiger charge is -2.33. The number of nitrogens with zero attached hydrogens (tertiary/aromatic N) is 1. The highest BCUT2D eigenvalue weighted by Gasteiger charge is 2.30. The number of rotatable bonds is 4. The van der Waals surface area contributed by atoms with Crippen molar-refractivity contribution < 1.29 is 19.4 Å². The number of aryl methyl sites for hydroxylation is 1. The van der Waals surface area contributed by atoms with Crippen LogP contribution in [0.5, 0.6) is 5.75 Å². The SMILES string of the molecule is Cc1cc(CNC(=O)C2CCN(C(=O)O[C@H]3CCCC(C)C3)CC2)ccc1O.S.S. The predicted octanol–water partition coefficient (Wildman–Crippen LogP) is 3.97. The third-order valence-electron chi connectivity index (χ3n) is 6.01. The Balaban J connectivity index is 0.00000225. The topological polar surface area (TPSA) is 78.9 Å². The number of hydrogen-bond donors (Lipinski definition) is 2. The summed E-state index contributed by atoms with van der Waals surface area (Å²) in [5.41, 5.74) is 1.76. The average Bonchev–Trinajstić information content (AvgIpc) is 2.69. The summed E-state index contributed by atoms with van der Waals surface area (Å²) in [6.45, 7) is 5.63. The lowest BCUT2D eigenvalue weighted by molar-refractivity contribution is -0.126. The summed E-state index contributed by atoms with van der Waals surface area (Å²) in [4.78, 5) is 26.6. The summed E-state index contributed by atoms with van der Waals surface area (Å²) >= 11 is 0. The second-order valence-electron chi connectivity index (χ2n) is 8.38. The van der Waals surface area contributed by atoms with Gasteiger partial charge in [-0.3, -0.25) is 4.79 Å². The zero-order valence-corrected chi connectivity index (χ0v) is 19.9. The highest BCUT2D eigenvalue weighted by Crippen LogP contribution is 2.27. The van der Waals surface area contributed by atoms with Crippen LogP contribution >= 0.6 is 27.0 Å². The van der Waals surface area contributed by atoms with Gasteiger partial charge in [-0.1, -0.05) is 25.5 Å². The molecule has 0 aromatic heterocycles. The summed E-state index contributed by atoms with van der Waals surface area (Å²) in [5.74, 6) is 0.840. The van der Waals surface area contributed by atoms with Crippen molar-refractivity contribution in [2.45, 2.75) is 65.0 Å². The van der Waals surface area contributed by atoms with Crippen molar-refractivity contribution in [2.75, 3.05) is 13.1 Å². The van der Waals surface area contributed by atoms with Gasteiger partial charge in [0.2, 0.25) is 5.91 Å². The van der Waals surface area contributed by atoms with Crippen molar-refractivity contribution in [3.63, 3.8) is 0 Å². The van der Waals surface area contributed by atoms with Crippen LogP contribution in [0.4, 0.5) is 4.79 Å². The molecule has 1 aromatic rings. The first kappa shape index (κ1) is 26.5. The van der Waals surface area contributed by atoms with Crippen molar-refractivity contribution in [3.8, 4) is 5.75 Å². The Morgan fingerprint density at radius 2 is 1.87 bits per heavy atom. The molecular weight excluding hydrogens is 420 g/mol. The molecule has 1 unspecified atom stereocenters. The zero-order chi connectivity index (χ0) is 20.1. The molecule has 2 fully saturated rings. The van der Waals surface area contributed by atoms with Gasteiger partial charge in [0.1, 0.15) is 11.9 Å². The van der Waals surface area contributed by atoms with Gasteiger partial charge in [0, 0.05) is 25.6 Å². The molecule has 0 spiro atoms. The molecule has 1 saturated carbocycles. The van der Waals surface area contributed by atoms with E-state index in [2.05, 4.69) is 12.2 Å². The maximum absolute atomic E-state index is 12.5. The lowest BCUT2D eigenvalue weighted by atomic mass is 9.89. The maximum Gasteiger partial charge on any atom is 0.410 e. The van der Waals surface area contributed by atoms with E-state index in [1.165, 1.54) is 6.42 Å². The monoisotopic (exact) mass is 456 g/mol. The Morgan fingerprint density at radius 1 is 1.17 bits per heavy atom. The molecule has 8 heteroatoms. The number of hydrogen-bond acceptors (Lipinski definition) is 4. The van der Waals surface area contributed by atoms with Crippen LogP contribution in [0.25, 0.3) is 0 Å². The number of aromatic hydroxyl groups is 1. The highest BCUT2D eigenvalue weighted by molar-refractivity contribution is 7.59. The number of amides is 2. The Bertz CT molecular complexity index is 708. The normalized spacial score (nSPS) is 21.7. The fraction of sp³-hybridized carbons (Fsp3) is 0.636. The van der Waals surface area contributed by atoms with Gasteiger partial charge in [-0.15, -0.1) is 0 Å². The first-order chi connectivity index (χ1) is 13.4. The molecule has 1 aliphatic heterocycles. The molecule has 1 saturated heterocycles. The minimum atomic E-state index is -0.225. The van der Waals surface area contributed by atoms with Crippen LogP contribution in [-0.2, 0) is 16.1 Å². The number of nitrogens with one attached hydrogen (secondary N) is 1. The molecule has 2 N–H and O–H groups in total. The van der Waals surface area contributed by atoms with Crippen LogP contribution in [0.1, 0.15) is 56.6 Å². The fourth-order valence-corrected chi connectivity index (χ4v) is 4.19. The Labute approximate surface area is 193 Å². The highest BCUT2D eigenvalue weighted by atomic mass is 32.1. The van der Waals surface area contributed by atoms with Crippen LogP contribution in [0.2, 0.25) is 0 Å². The van der Waals surface area contributed by atoms with Crippen LogP contribution < -0.4 is 5.32 Å². The van der Waals surface area contributed by atoms with E-state index in [4.69, 9.17) is 4.74 Å². The van der Waals surface area contributed by atoms with Crippen LogP contribution in [0.3, 0.4) is 0 Å². The van der Waals surface area contributed by atoms with Gasteiger partial charge in [0.05, 0.1) is 0 Å². The van der Waals surface area contributed by atoms with E-state index in [1.54, 1.807) is 11.0 Å². The Kier molecular flexibility index (Phi) is 10.9. The molecule has 2 atom stereocenters. The van der Waals surface area contributed by atoms with E-state index in [9.17, 15) is 14.7 Å². The minimum Gasteiger partial charge on any atom is -0.508 e. The van der Waals surface area contributed by atoms with Crippen molar-refractivity contribution in [1.82, 2.24) is 10.2 Å². The largest absolute Gasteiger partial charge is 0.508 e. The molecule has 170 valence electrons. The second kappa shape index (κ2) is 12.3.